The molecule has 7 heteroatoms. The van der Waals surface area contributed by atoms with Crippen LogP contribution in [-0.2, 0) is 12.8 Å². The summed E-state index contributed by atoms with van der Waals surface area (Å²) in [6, 6.07) is 2.37. The van der Waals surface area contributed by atoms with Crippen LogP contribution < -0.4 is 9.47 Å². The van der Waals surface area contributed by atoms with Crippen LogP contribution >= 0.6 is 0 Å². The summed E-state index contributed by atoms with van der Waals surface area (Å²) in [5.41, 5.74) is 3.38. The number of fused-ring (bicyclic) bond motifs is 2. The van der Waals surface area contributed by atoms with Crippen molar-refractivity contribution in [3.63, 3.8) is 0 Å². The molecule has 0 saturated carbocycles. The minimum Gasteiger partial charge on any atom is -0.507 e. The first-order valence-corrected chi connectivity index (χ1v) is 11.5. The van der Waals surface area contributed by atoms with Gasteiger partial charge < -0.3 is 29.9 Å². The maximum absolute atomic E-state index is 13.1. The molecule has 0 aromatic heterocycles. The standard InChI is InChI=1S/C28H32O7/c1-15(2)7-6-8-17(5)10-12-18-20(29)13-22-24(26(18)32)28(33)35-27-19(11-9-16(3)4)25(31)21(30)14-23(27)34-22/h7,9-10,13-14,29-32H,6,8,11-12H2,1-5H3. The number of aromatic hydroxyl groups is 4. The lowest BCUT2D eigenvalue weighted by Crippen LogP contribution is -2.10. The highest BCUT2D eigenvalue weighted by atomic mass is 16.6. The second kappa shape index (κ2) is 10.6. The van der Waals surface area contributed by atoms with Crippen LogP contribution in [0, 0.1) is 0 Å². The van der Waals surface area contributed by atoms with Crippen molar-refractivity contribution >= 4 is 5.97 Å². The SMILES string of the molecule is CC(C)=CCCC(C)=CCc1c(O)cc2c(c1O)C(=O)Oc1c(cc(O)c(O)c1CC=C(C)C)O2. The Kier molecular flexibility index (Phi) is 7.79. The number of phenols is 4. The van der Waals surface area contributed by atoms with E-state index in [0.29, 0.717) is 0 Å². The molecule has 1 aliphatic rings. The van der Waals surface area contributed by atoms with Crippen molar-refractivity contribution in [3.05, 3.63) is 63.8 Å². The molecule has 0 fully saturated rings. The van der Waals surface area contributed by atoms with Crippen LogP contribution in [0.1, 0.15) is 68.9 Å². The van der Waals surface area contributed by atoms with Gasteiger partial charge in [0.05, 0.1) is 0 Å². The Balaban J connectivity index is 2.00. The Morgan fingerprint density at radius 3 is 2.06 bits per heavy atom. The van der Waals surface area contributed by atoms with Crippen LogP contribution in [0.3, 0.4) is 0 Å². The van der Waals surface area contributed by atoms with Gasteiger partial charge in [-0.2, -0.15) is 0 Å². The predicted molar refractivity (Wildman–Crippen MR) is 134 cm³/mol. The molecule has 0 saturated heterocycles. The van der Waals surface area contributed by atoms with Gasteiger partial charge in [0.1, 0.15) is 22.8 Å². The lowest BCUT2D eigenvalue weighted by Gasteiger charge is -2.14. The summed E-state index contributed by atoms with van der Waals surface area (Å²) < 4.78 is 11.3. The van der Waals surface area contributed by atoms with Gasteiger partial charge in [-0.05, 0) is 60.3 Å². The zero-order chi connectivity index (χ0) is 25.9. The van der Waals surface area contributed by atoms with Gasteiger partial charge in [-0.15, -0.1) is 0 Å². The van der Waals surface area contributed by atoms with E-state index in [1.54, 1.807) is 6.08 Å². The second-order valence-electron chi connectivity index (χ2n) is 9.20. The molecule has 4 N–H and O–H groups in total. The first kappa shape index (κ1) is 25.7. The number of hydrogen-bond acceptors (Lipinski definition) is 7. The van der Waals surface area contributed by atoms with Crippen LogP contribution in [0.2, 0.25) is 0 Å². The minimum atomic E-state index is -0.898. The van der Waals surface area contributed by atoms with E-state index in [0.717, 1.165) is 30.1 Å². The molecule has 0 radical (unpaired) electrons. The molecule has 186 valence electrons. The number of phenolic OH excluding ortho intramolecular Hbond substituents is 4. The van der Waals surface area contributed by atoms with Crippen LogP contribution in [0.15, 0.2) is 47.1 Å². The van der Waals surface area contributed by atoms with Gasteiger partial charge >= 0.3 is 5.97 Å². The van der Waals surface area contributed by atoms with E-state index in [2.05, 4.69) is 6.08 Å². The average Bonchev–Trinajstić information content (AvgIpc) is 2.89. The van der Waals surface area contributed by atoms with Gasteiger partial charge in [-0.25, -0.2) is 4.79 Å². The molecule has 1 aliphatic heterocycles. The summed E-state index contributed by atoms with van der Waals surface area (Å²) >= 11 is 0. The van der Waals surface area contributed by atoms with Gasteiger partial charge in [-0.3, -0.25) is 0 Å². The van der Waals surface area contributed by atoms with Gasteiger partial charge in [0.2, 0.25) is 0 Å². The monoisotopic (exact) mass is 480 g/mol. The molecule has 0 aliphatic carbocycles. The Labute approximate surface area is 205 Å². The van der Waals surface area contributed by atoms with Crippen molar-refractivity contribution < 1.29 is 34.7 Å². The number of benzene rings is 2. The fourth-order valence-corrected chi connectivity index (χ4v) is 3.73. The molecule has 7 nitrogen and oxygen atoms in total. The highest BCUT2D eigenvalue weighted by molar-refractivity contribution is 5.99. The van der Waals surface area contributed by atoms with E-state index >= 15 is 0 Å². The first-order chi connectivity index (χ1) is 16.5. The highest BCUT2D eigenvalue weighted by Gasteiger charge is 2.32. The number of esters is 1. The van der Waals surface area contributed by atoms with Crippen molar-refractivity contribution in [1.29, 1.82) is 0 Å². The maximum Gasteiger partial charge on any atom is 0.351 e. The Hall–Kier alpha value is -3.87. The molecule has 0 atom stereocenters. The van der Waals surface area contributed by atoms with E-state index < -0.39 is 23.2 Å². The van der Waals surface area contributed by atoms with Crippen LogP contribution in [-0.4, -0.2) is 26.4 Å². The Morgan fingerprint density at radius 2 is 1.40 bits per heavy atom. The highest BCUT2D eigenvalue weighted by Crippen LogP contribution is 2.50. The van der Waals surface area contributed by atoms with E-state index in [1.165, 1.54) is 11.6 Å². The fraction of sp³-hybridized carbons (Fsp3) is 0.321. The molecule has 0 amide bonds. The molecule has 0 bridgehead atoms. The quantitative estimate of drug-likeness (QED) is 0.153. The van der Waals surface area contributed by atoms with Gasteiger partial charge in [0, 0.05) is 23.3 Å². The predicted octanol–water partition coefficient (Wildman–Crippen LogP) is 6.58. The maximum atomic E-state index is 13.1. The number of hydrogen-bond donors (Lipinski definition) is 4. The summed E-state index contributed by atoms with van der Waals surface area (Å²) in [6.07, 6.45) is 7.94. The van der Waals surface area contributed by atoms with Crippen molar-refractivity contribution in [2.45, 2.75) is 60.3 Å². The summed E-state index contributed by atoms with van der Waals surface area (Å²) in [4.78, 5) is 13.1. The summed E-state index contributed by atoms with van der Waals surface area (Å²) in [7, 11) is 0. The van der Waals surface area contributed by atoms with E-state index in [-0.39, 0.29) is 52.5 Å². The van der Waals surface area contributed by atoms with Crippen molar-refractivity contribution in [2.24, 2.45) is 0 Å². The van der Waals surface area contributed by atoms with Gasteiger partial charge in [0.15, 0.2) is 23.0 Å². The number of ether oxygens (including phenoxy) is 2. The van der Waals surface area contributed by atoms with Crippen molar-refractivity contribution in [3.8, 4) is 40.2 Å². The topological polar surface area (TPSA) is 116 Å². The van der Waals surface area contributed by atoms with Crippen LogP contribution in [0.4, 0.5) is 0 Å². The van der Waals surface area contributed by atoms with Gasteiger partial charge in [-0.1, -0.05) is 34.9 Å². The number of rotatable bonds is 7. The van der Waals surface area contributed by atoms with E-state index in [4.69, 9.17) is 9.47 Å². The van der Waals surface area contributed by atoms with Crippen LogP contribution in [0.25, 0.3) is 0 Å². The smallest absolute Gasteiger partial charge is 0.351 e. The summed E-state index contributed by atoms with van der Waals surface area (Å²) in [5, 5.41) is 42.1. The zero-order valence-corrected chi connectivity index (χ0v) is 20.7. The first-order valence-electron chi connectivity index (χ1n) is 11.5. The van der Waals surface area contributed by atoms with Gasteiger partial charge in [0.25, 0.3) is 0 Å². The molecule has 2 aromatic carbocycles. The molecule has 0 unspecified atom stereocenters. The molecule has 3 rings (SSSR count). The molecule has 1 heterocycles. The van der Waals surface area contributed by atoms with Crippen LogP contribution in [0.5, 0.6) is 40.2 Å². The Bertz CT molecular complexity index is 1240. The number of carbonyl (C=O) groups excluding carboxylic acids is 1. The third-order valence-electron chi connectivity index (χ3n) is 5.72. The third-order valence-corrected chi connectivity index (χ3v) is 5.72. The molecular formula is C28H32O7. The fourth-order valence-electron chi connectivity index (χ4n) is 3.73. The average molecular weight is 481 g/mol. The summed E-state index contributed by atoms with van der Waals surface area (Å²) in [6.45, 7) is 9.79. The lowest BCUT2D eigenvalue weighted by atomic mass is 10.0. The number of allylic oxidation sites excluding steroid dienone is 6. The molecule has 35 heavy (non-hydrogen) atoms. The van der Waals surface area contributed by atoms with Crippen molar-refractivity contribution in [2.75, 3.05) is 0 Å². The largest absolute Gasteiger partial charge is 0.507 e. The third kappa shape index (κ3) is 5.80. The summed E-state index contributed by atoms with van der Waals surface area (Å²) in [5.74, 6) is -2.64. The number of carbonyl (C=O) groups is 1. The normalized spacial score (nSPS) is 12.6. The molecule has 0 spiro atoms. The van der Waals surface area contributed by atoms with E-state index in [1.807, 2.05) is 40.7 Å². The Morgan fingerprint density at radius 1 is 0.771 bits per heavy atom. The zero-order valence-electron chi connectivity index (χ0n) is 20.7. The molecular weight excluding hydrogens is 448 g/mol. The van der Waals surface area contributed by atoms with E-state index in [9.17, 15) is 25.2 Å². The molecule has 2 aromatic rings. The van der Waals surface area contributed by atoms with Crippen molar-refractivity contribution in [1.82, 2.24) is 0 Å². The lowest BCUT2D eigenvalue weighted by molar-refractivity contribution is 0.0732. The minimum absolute atomic E-state index is 0.0221. The second-order valence-corrected chi connectivity index (χ2v) is 9.20.